The van der Waals surface area contributed by atoms with Gasteiger partial charge in [0.2, 0.25) is 5.91 Å². The molecule has 86 valence electrons. The van der Waals surface area contributed by atoms with Crippen molar-refractivity contribution in [2.75, 3.05) is 17.2 Å². The molecule has 3 nitrogen and oxygen atoms in total. The normalized spacial score (nSPS) is 20.5. The van der Waals surface area contributed by atoms with E-state index < -0.39 is 0 Å². The summed E-state index contributed by atoms with van der Waals surface area (Å²) in [7, 11) is 0. The molecule has 0 radical (unpaired) electrons. The Morgan fingerprint density at radius 3 is 2.62 bits per heavy atom. The van der Waals surface area contributed by atoms with Gasteiger partial charge in [-0.15, -0.1) is 11.8 Å². The number of nitrogens with two attached hydrogens (primary N) is 1. The van der Waals surface area contributed by atoms with Gasteiger partial charge in [0.15, 0.2) is 0 Å². The first-order valence-electron chi connectivity index (χ1n) is 5.49. The van der Waals surface area contributed by atoms with Crippen molar-refractivity contribution in [1.29, 1.82) is 0 Å². The molecule has 4 heteroatoms. The minimum absolute atomic E-state index is 0.0165. The van der Waals surface area contributed by atoms with E-state index in [2.05, 4.69) is 19.1 Å². The van der Waals surface area contributed by atoms with Crippen LogP contribution in [0, 0.1) is 0 Å². The second-order valence-electron chi connectivity index (χ2n) is 3.90. The van der Waals surface area contributed by atoms with Crippen LogP contribution in [0.1, 0.15) is 13.3 Å². The maximum absolute atomic E-state index is 11.6. The zero-order chi connectivity index (χ0) is 11.5. The summed E-state index contributed by atoms with van der Waals surface area (Å²) >= 11 is 1.80. The van der Waals surface area contributed by atoms with E-state index in [1.165, 1.54) is 4.90 Å². The fourth-order valence-corrected chi connectivity index (χ4v) is 2.54. The fraction of sp³-hybridized carbons (Fsp3) is 0.417. The number of carbonyl (C=O) groups is 1. The molecule has 1 amide bonds. The molecule has 1 heterocycles. The summed E-state index contributed by atoms with van der Waals surface area (Å²) in [6, 6.07) is 8.08. The van der Waals surface area contributed by atoms with Gasteiger partial charge in [0.05, 0.1) is 0 Å². The highest BCUT2D eigenvalue weighted by Gasteiger charge is 2.27. The predicted octanol–water partition coefficient (Wildman–Crippen LogP) is 1.86. The van der Waals surface area contributed by atoms with Crippen molar-refractivity contribution in [2.45, 2.75) is 24.3 Å². The molecule has 2 rings (SSSR count). The van der Waals surface area contributed by atoms with E-state index in [1.54, 1.807) is 16.7 Å². The standard InChI is InChI=1S/C12H16N2OS/c1-2-16-11-5-3-10(4-6-11)14-8-9(13)7-12(14)15/h3-6,9H,2,7-8,13H2,1H3. The number of thioether (sulfide) groups is 1. The van der Waals surface area contributed by atoms with Gasteiger partial charge >= 0.3 is 0 Å². The Morgan fingerprint density at radius 1 is 1.44 bits per heavy atom. The minimum atomic E-state index is -0.0165. The highest BCUT2D eigenvalue weighted by molar-refractivity contribution is 7.99. The highest BCUT2D eigenvalue weighted by atomic mass is 32.2. The zero-order valence-corrected chi connectivity index (χ0v) is 10.2. The third kappa shape index (κ3) is 2.39. The summed E-state index contributed by atoms with van der Waals surface area (Å²) < 4.78 is 0. The summed E-state index contributed by atoms with van der Waals surface area (Å²) in [6.07, 6.45) is 0.464. The van der Waals surface area contributed by atoms with Gasteiger partial charge in [-0.1, -0.05) is 6.92 Å². The van der Waals surface area contributed by atoms with Crippen molar-refractivity contribution in [3.05, 3.63) is 24.3 Å². The molecule has 16 heavy (non-hydrogen) atoms. The number of amides is 1. The van der Waals surface area contributed by atoms with Crippen LogP contribution in [0.15, 0.2) is 29.2 Å². The molecule has 0 aliphatic carbocycles. The largest absolute Gasteiger partial charge is 0.326 e. The van der Waals surface area contributed by atoms with Crippen LogP contribution in [-0.2, 0) is 4.79 Å². The van der Waals surface area contributed by atoms with Gasteiger partial charge in [0.1, 0.15) is 0 Å². The number of rotatable bonds is 3. The Hall–Kier alpha value is -1.00. The highest BCUT2D eigenvalue weighted by Crippen LogP contribution is 2.24. The van der Waals surface area contributed by atoms with Crippen molar-refractivity contribution < 1.29 is 4.79 Å². The molecule has 2 N–H and O–H groups in total. The van der Waals surface area contributed by atoms with Gasteiger partial charge in [-0.2, -0.15) is 0 Å². The molecule has 0 aromatic heterocycles. The lowest BCUT2D eigenvalue weighted by Crippen LogP contribution is -2.27. The Labute approximate surface area is 100.0 Å². The third-order valence-electron chi connectivity index (χ3n) is 2.61. The topological polar surface area (TPSA) is 46.3 Å². The van der Waals surface area contributed by atoms with Crippen LogP contribution in [-0.4, -0.2) is 24.2 Å². The lowest BCUT2D eigenvalue weighted by atomic mass is 10.3. The summed E-state index contributed by atoms with van der Waals surface area (Å²) in [5.74, 6) is 1.19. The van der Waals surface area contributed by atoms with E-state index in [1.807, 2.05) is 12.1 Å². The van der Waals surface area contributed by atoms with E-state index in [4.69, 9.17) is 5.73 Å². The summed E-state index contributed by atoms with van der Waals surface area (Å²) in [5.41, 5.74) is 6.72. The van der Waals surface area contributed by atoms with Gasteiger partial charge in [-0.25, -0.2) is 0 Å². The number of hydrogen-bond donors (Lipinski definition) is 1. The first-order chi connectivity index (χ1) is 7.70. The molecule has 1 aliphatic rings. The number of nitrogens with zero attached hydrogens (tertiary/aromatic N) is 1. The van der Waals surface area contributed by atoms with Crippen molar-refractivity contribution in [1.82, 2.24) is 0 Å². The van der Waals surface area contributed by atoms with Crippen LogP contribution in [0.4, 0.5) is 5.69 Å². The summed E-state index contributed by atoms with van der Waals surface area (Å²) in [4.78, 5) is 14.6. The summed E-state index contributed by atoms with van der Waals surface area (Å²) in [5, 5.41) is 0. The van der Waals surface area contributed by atoms with Crippen LogP contribution in [0.5, 0.6) is 0 Å². The van der Waals surface area contributed by atoms with Gasteiger partial charge in [0.25, 0.3) is 0 Å². The third-order valence-corrected chi connectivity index (χ3v) is 3.51. The van der Waals surface area contributed by atoms with E-state index >= 15 is 0 Å². The quantitative estimate of drug-likeness (QED) is 0.815. The lowest BCUT2D eigenvalue weighted by molar-refractivity contribution is -0.117. The number of carbonyl (C=O) groups excluding carboxylic acids is 1. The smallest absolute Gasteiger partial charge is 0.228 e. The Bertz CT molecular complexity index is 377. The Balaban J connectivity index is 2.12. The molecule has 1 aromatic rings. The zero-order valence-electron chi connectivity index (χ0n) is 9.35. The Kier molecular flexibility index (Phi) is 3.51. The average molecular weight is 236 g/mol. The average Bonchev–Trinajstić information content (AvgIpc) is 2.59. The number of benzene rings is 1. The summed E-state index contributed by atoms with van der Waals surface area (Å²) in [6.45, 7) is 2.76. The molecule has 1 atom stereocenters. The second-order valence-corrected chi connectivity index (χ2v) is 5.23. The predicted molar refractivity (Wildman–Crippen MR) is 67.8 cm³/mol. The molecule has 1 saturated heterocycles. The van der Waals surface area contributed by atoms with E-state index in [0.29, 0.717) is 13.0 Å². The van der Waals surface area contributed by atoms with Crippen molar-refractivity contribution in [2.24, 2.45) is 5.73 Å². The molecule has 1 aliphatic heterocycles. The number of anilines is 1. The SMILES string of the molecule is CCSc1ccc(N2CC(N)CC2=O)cc1. The van der Waals surface area contributed by atoms with Gasteiger partial charge < -0.3 is 10.6 Å². The van der Waals surface area contributed by atoms with Crippen molar-refractivity contribution in [3.8, 4) is 0 Å². The van der Waals surface area contributed by atoms with Gasteiger partial charge in [0, 0.05) is 29.6 Å². The molecule has 0 saturated carbocycles. The molecular formula is C12H16N2OS. The van der Waals surface area contributed by atoms with Crippen LogP contribution in [0.3, 0.4) is 0 Å². The first kappa shape index (κ1) is 11.5. The minimum Gasteiger partial charge on any atom is -0.326 e. The Morgan fingerprint density at radius 2 is 2.12 bits per heavy atom. The lowest BCUT2D eigenvalue weighted by Gasteiger charge is -2.16. The number of hydrogen-bond acceptors (Lipinski definition) is 3. The molecular weight excluding hydrogens is 220 g/mol. The maximum atomic E-state index is 11.6. The van der Waals surface area contributed by atoms with Crippen LogP contribution >= 0.6 is 11.8 Å². The van der Waals surface area contributed by atoms with Gasteiger partial charge in [-0.05, 0) is 30.0 Å². The van der Waals surface area contributed by atoms with Crippen molar-refractivity contribution in [3.63, 3.8) is 0 Å². The van der Waals surface area contributed by atoms with E-state index in [9.17, 15) is 4.79 Å². The van der Waals surface area contributed by atoms with Crippen molar-refractivity contribution >= 4 is 23.4 Å². The van der Waals surface area contributed by atoms with Crippen LogP contribution < -0.4 is 10.6 Å². The molecule has 1 fully saturated rings. The molecule has 1 unspecified atom stereocenters. The maximum Gasteiger partial charge on any atom is 0.228 e. The second kappa shape index (κ2) is 4.89. The first-order valence-corrected chi connectivity index (χ1v) is 6.48. The van der Waals surface area contributed by atoms with E-state index in [0.717, 1.165) is 11.4 Å². The molecule has 0 bridgehead atoms. The van der Waals surface area contributed by atoms with E-state index in [-0.39, 0.29) is 11.9 Å². The van der Waals surface area contributed by atoms with Gasteiger partial charge in [-0.3, -0.25) is 4.79 Å². The van der Waals surface area contributed by atoms with Crippen LogP contribution in [0.25, 0.3) is 0 Å². The molecule has 1 aromatic carbocycles. The fourth-order valence-electron chi connectivity index (χ4n) is 1.87. The van der Waals surface area contributed by atoms with Crippen LogP contribution in [0.2, 0.25) is 0 Å². The monoisotopic (exact) mass is 236 g/mol. The molecule has 0 spiro atoms.